The highest BCUT2D eigenvalue weighted by Gasteiger charge is 2.69. The molecular formula is C29H38N4O7. The van der Waals surface area contributed by atoms with Gasteiger partial charge in [0.2, 0.25) is 5.91 Å². The molecule has 11 heteroatoms. The first kappa shape index (κ1) is 28.4. The summed E-state index contributed by atoms with van der Waals surface area (Å²) in [6.45, 7) is 0.345. The van der Waals surface area contributed by atoms with Gasteiger partial charge < -0.3 is 26.2 Å². The fraction of sp³-hybridized carbons (Fsp3) is 0.621. The van der Waals surface area contributed by atoms with Crippen LogP contribution in [0.1, 0.15) is 53.6 Å². The standard InChI is InChI=1S/C29H38N4O7/c1-32(2)18-11-14(12-31-15-7-5-6-8-15)23(34)20-16(18)9-13-10-17-22(33(3)4)25(36)21(28(30)39)27(38)29(17,40)26(37)19(13)24(20)35/h11,13,15,17,19,21-22,31,34,40H,5-10,12H2,1-4H3,(H2,30,39)/t13-,17-,19?,21?,22-,29-/m1/s1. The number of aromatic hydroxyl groups is 1. The second kappa shape index (κ2) is 10.0. The minimum absolute atomic E-state index is 0.0287. The van der Waals surface area contributed by atoms with Crippen molar-refractivity contribution in [3.63, 3.8) is 0 Å². The topological polar surface area (TPSA) is 170 Å². The summed E-state index contributed by atoms with van der Waals surface area (Å²) in [4.78, 5) is 70.2. The SMILES string of the molecule is CN(C)c1cc(CNC2CCCC2)c(O)c2c1C[C@@H]1C[C@@H]3[C@@H](N(C)C)C(=O)C(C(N)=O)C(=O)[C@]3(O)C(=O)C1C2=O. The number of hydrogen-bond acceptors (Lipinski definition) is 10. The van der Waals surface area contributed by atoms with Crippen LogP contribution in [0, 0.1) is 23.7 Å². The number of likely N-dealkylation sites (N-methyl/N-ethyl adjacent to an activating group) is 1. The van der Waals surface area contributed by atoms with E-state index in [0.29, 0.717) is 23.7 Å². The molecule has 0 spiro atoms. The molecule has 11 nitrogen and oxygen atoms in total. The first-order valence-electron chi connectivity index (χ1n) is 13.9. The van der Waals surface area contributed by atoms with Gasteiger partial charge in [0.25, 0.3) is 0 Å². The number of amides is 1. The van der Waals surface area contributed by atoms with Crippen LogP contribution in [0.25, 0.3) is 0 Å². The van der Waals surface area contributed by atoms with Crippen LogP contribution in [-0.4, -0.2) is 90.0 Å². The van der Waals surface area contributed by atoms with Crippen molar-refractivity contribution in [3.8, 4) is 5.75 Å². The zero-order valence-electron chi connectivity index (χ0n) is 23.4. The second-order valence-corrected chi connectivity index (χ2v) is 12.3. The quantitative estimate of drug-likeness (QED) is 0.350. The first-order valence-corrected chi connectivity index (χ1v) is 13.9. The molecule has 3 saturated carbocycles. The number of aliphatic hydroxyl groups is 1. The van der Waals surface area contributed by atoms with Gasteiger partial charge in [0.15, 0.2) is 34.7 Å². The van der Waals surface area contributed by atoms with Crippen molar-refractivity contribution in [2.24, 2.45) is 29.4 Å². The van der Waals surface area contributed by atoms with Crippen molar-refractivity contribution in [2.75, 3.05) is 33.1 Å². The van der Waals surface area contributed by atoms with Crippen LogP contribution in [0.4, 0.5) is 5.69 Å². The molecule has 5 N–H and O–H groups in total. The van der Waals surface area contributed by atoms with Gasteiger partial charge in [-0.1, -0.05) is 12.8 Å². The molecule has 1 aromatic rings. The average Bonchev–Trinajstić information content (AvgIpc) is 3.39. The molecule has 0 aromatic heterocycles. The van der Waals surface area contributed by atoms with Crippen LogP contribution in [0.3, 0.4) is 0 Å². The van der Waals surface area contributed by atoms with Crippen molar-refractivity contribution < 1.29 is 34.2 Å². The number of nitrogens with zero attached hydrogens (tertiary/aromatic N) is 2. The number of ketones is 4. The van der Waals surface area contributed by atoms with Crippen LogP contribution in [0.15, 0.2) is 6.07 Å². The lowest BCUT2D eigenvalue weighted by atomic mass is 9.52. The maximum Gasteiger partial charge on any atom is 0.235 e. The fourth-order valence-corrected chi connectivity index (χ4v) is 7.62. The van der Waals surface area contributed by atoms with E-state index >= 15 is 0 Å². The Morgan fingerprint density at radius 3 is 2.33 bits per heavy atom. The van der Waals surface area contributed by atoms with E-state index < -0.39 is 64.4 Å². The van der Waals surface area contributed by atoms with Crippen molar-refractivity contribution in [1.29, 1.82) is 0 Å². The average molecular weight is 555 g/mol. The van der Waals surface area contributed by atoms with E-state index in [0.717, 1.165) is 31.4 Å². The molecule has 0 radical (unpaired) electrons. The van der Waals surface area contributed by atoms with E-state index in [1.165, 1.54) is 4.90 Å². The van der Waals surface area contributed by atoms with E-state index in [1.54, 1.807) is 14.1 Å². The molecule has 40 heavy (non-hydrogen) atoms. The van der Waals surface area contributed by atoms with E-state index in [-0.39, 0.29) is 24.2 Å². The molecule has 0 aliphatic heterocycles. The van der Waals surface area contributed by atoms with Gasteiger partial charge in [-0.05, 0) is 57.3 Å². The molecule has 4 aliphatic carbocycles. The number of nitrogens with two attached hydrogens (primary N) is 1. The molecule has 216 valence electrons. The number of anilines is 1. The minimum Gasteiger partial charge on any atom is -0.507 e. The number of phenolic OH excluding ortho intramolecular Hbond substituents is 1. The molecule has 1 amide bonds. The molecule has 4 aliphatic rings. The molecule has 1 aromatic carbocycles. The van der Waals surface area contributed by atoms with Gasteiger partial charge in [-0.15, -0.1) is 0 Å². The molecule has 0 heterocycles. The third-order valence-electron chi connectivity index (χ3n) is 9.53. The lowest BCUT2D eigenvalue weighted by Gasteiger charge is -2.52. The van der Waals surface area contributed by atoms with E-state index in [2.05, 4.69) is 5.32 Å². The Hall–Kier alpha value is -3.15. The normalized spacial score (nSPS) is 32.2. The Labute approximate surface area is 233 Å². The summed E-state index contributed by atoms with van der Waals surface area (Å²) < 4.78 is 0. The number of benzene rings is 1. The number of rotatable bonds is 6. The third-order valence-corrected chi connectivity index (χ3v) is 9.53. The van der Waals surface area contributed by atoms with E-state index in [9.17, 15) is 34.2 Å². The summed E-state index contributed by atoms with van der Waals surface area (Å²) in [6, 6.07) is 1.07. The van der Waals surface area contributed by atoms with Crippen LogP contribution in [-0.2, 0) is 32.1 Å². The number of carbonyl (C=O) groups excluding carboxylic acids is 5. The molecule has 0 bridgehead atoms. The minimum atomic E-state index is -2.72. The van der Waals surface area contributed by atoms with Gasteiger partial charge in [0.1, 0.15) is 5.75 Å². The van der Waals surface area contributed by atoms with Crippen molar-refractivity contribution in [3.05, 3.63) is 22.8 Å². The van der Waals surface area contributed by atoms with Gasteiger partial charge in [0, 0.05) is 43.9 Å². The lowest BCUT2D eigenvalue weighted by molar-refractivity contribution is -0.181. The highest BCUT2D eigenvalue weighted by atomic mass is 16.3. The Bertz CT molecular complexity index is 1300. The zero-order chi connectivity index (χ0) is 29.3. The Morgan fingerprint density at radius 2 is 1.75 bits per heavy atom. The summed E-state index contributed by atoms with van der Waals surface area (Å²) in [5, 5.41) is 26.5. The number of fused-ring (bicyclic) bond motifs is 3. The highest BCUT2D eigenvalue weighted by Crippen LogP contribution is 2.52. The zero-order valence-corrected chi connectivity index (χ0v) is 23.4. The molecular weight excluding hydrogens is 516 g/mol. The number of carbonyl (C=O) groups is 5. The van der Waals surface area contributed by atoms with Crippen LogP contribution in [0.5, 0.6) is 5.75 Å². The second-order valence-electron chi connectivity index (χ2n) is 12.3. The lowest BCUT2D eigenvalue weighted by Crippen LogP contribution is -2.74. The molecule has 2 unspecified atom stereocenters. The van der Waals surface area contributed by atoms with Crippen molar-refractivity contribution in [2.45, 2.75) is 62.8 Å². The maximum atomic E-state index is 14.1. The van der Waals surface area contributed by atoms with E-state index in [1.807, 2.05) is 25.1 Å². The van der Waals surface area contributed by atoms with E-state index in [4.69, 9.17) is 5.73 Å². The van der Waals surface area contributed by atoms with Crippen LogP contribution in [0.2, 0.25) is 0 Å². The smallest absolute Gasteiger partial charge is 0.235 e. The Morgan fingerprint density at radius 1 is 1.10 bits per heavy atom. The van der Waals surface area contributed by atoms with Crippen molar-refractivity contribution in [1.82, 2.24) is 10.2 Å². The molecule has 6 atom stereocenters. The van der Waals surface area contributed by atoms with Gasteiger partial charge in [-0.25, -0.2) is 0 Å². The summed E-state index contributed by atoms with van der Waals surface area (Å²) in [5.41, 5.74) is 4.56. The van der Waals surface area contributed by atoms with Crippen LogP contribution >= 0.6 is 0 Å². The fourth-order valence-electron chi connectivity index (χ4n) is 7.62. The number of nitrogens with one attached hydrogen (secondary N) is 1. The Kier molecular flexibility index (Phi) is 7.12. The Balaban J connectivity index is 1.59. The molecule has 0 saturated heterocycles. The number of primary amides is 1. The summed E-state index contributed by atoms with van der Waals surface area (Å²) in [7, 11) is 6.81. The largest absolute Gasteiger partial charge is 0.507 e. The van der Waals surface area contributed by atoms with Gasteiger partial charge in [0.05, 0.1) is 17.5 Å². The van der Waals surface area contributed by atoms with Gasteiger partial charge in [-0.2, -0.15) is 0 Å². The number of phenols is 1. The maximum absolute atomic E-state index is 14.1. The summed E-state index contributed by atoms with van der Waals surface area (Å²) >= 11 is 0. The van der Waals surface area contributed by atoms with Gasteiger partial charge >= 0.3 is 0 Å². The number of hydrogen-bond donors (Lipinski definition) is 4. The predicted molar refractivity (Wildman–Crippen MR) is 145 cm³/mol. The monoisotopic (exact) mass is 554 g/mol. The third kappa shape index (κ3) is 4.09. The molecule has 5 rings (SSSR count). The summed E-state index contributed by atoms with van der Waals surface area (Å²) in [5.74, 6) is -10.3. The summed E-state index contributed by atoms with van der Waals surface area (Å²) in [6.07, 6.45) is 4.63. The van der Waals surface area contributed by atoms with Crippen LogP contribution < -0.4 is 16.0 Å². The van der Waals surface area contributed by atoms with Crippen molar-refractivity contribution >= 4 is 34.7 Å². The predicted octanol–water partition coefficient (Wildman–Crippen LogP) is -0.0348. The first-order chi connectivity index (χ1) is 18.8. The number of Topliss-reactive ketones (excluding diaryl/α,β-unsaturated/α-hetero) is 4. The highest BCUT2D eigenvalue weighted by molar-refractivity contribution is 6.32. The van der Waals surface area contributed by atoms with Gasteiger partial charge in [-0.3, -0.25) is 28.9 Å². The molecule has 3 fully saturated rings.